The highest BCUT2D eigenvalue weighted by molar-refractivity contribution is 5.79. The molecule has 27 heavy (non-hydrogen) atoms. The maximum atomic E-state index is 12.7. The summed E-state index contributed by atoms with van der Waals surface area (Å²) in [7, 11) is 0. The molecule has 3 rings (SSSR count). The van der Waals surface area contributed by atoms with E-state index in [9.17, 15) is 4.79 Å². The highest BCUT2D eigenvalue weighted by atomic mass is 16.5. The van der Waals surface area contributed by atoms with Crippen LogP contribution in [0.4, 0.5) is 0 Å². The number of nitrogens with one attached hydrogen (secondary N) is 2. The van der Waals surface area contributed by atoms with Gasteiger partial charge in [-0.15, -0.1) is 0 Å². The van der Waals surface area contributed by atoms with Gasteiger partial charge in [-0.3, -0.25) is 9.69 Å². The van der Waals surface area contributed by atoms with Gasteiger partial charge in [-0.1, -0.05) is 37.3 Å². The minimum absolute atomic E-state index is 0.0901. The first-order valence-corrected chi connectivity index (χ1v) is 10.4. The van der Waals surface area contributed by atoms with Crippen molar-refractivity contribution >= 4 is 5.91 Å². The van der Waals surface area contributed by atoms with Gasteiger partial charge in [0.1, 0.15) is 5.75 Å². The lowest BCUT2D eigenvalue weighted by Crippen LogP contribution is -2.56. The predicted molar refractivity (Wildman–Crippen MR) is 109 cm³/mol. The van der Waals surface area contributed by atoms with E-state index in [-0.39, 0.29) is 24.0 Å². The average molecular weight is 372 g/mol. The second kappa shape index (κ2) is 9.90. The summed E-state index contributed by atoms with van der Waals surface area (Å²) in [5, 5.41) is 6.93. The first-order chi connectivity index (χ1) is 13.2. The second-order valence-electron chi connectivity index (χ2n) is 7.39. The van der Waals surface area contributed by atoms with Gasteiger partial charge in [0.2, 0.25) is 5.91 Å². The Kier molecular flexibility index (Phi) is 7.30. The number of hydrogen-bond donors (Lipinski definition) is 2. The van der Waals surface area contributed by atoms with Crippen molar-refractivity contribution in [1.29, 1.82) is 0 Å². The first-order valence-electron chi connectivity index (χ1n) is 10.4. The minimum Gasteiger partial charge on any atom is -0.494 e. The third kappa shape index (κ3) is 5.11. The van der Waals surface area contributed by atoms with Gasteiger partial charge in [-0.25, -0.2) is 0 Å². The summed E-state index contributed by atoms with van der Waals surface area (Å²) < 4.78 is 5.82. The Morgan fingerprint density at radius 2 is 2.19 bits per heavy atom. The second-order valence-corrected chi connectivity index (χ2v) is 7.39. The Hall–Kier alpha value is -1.85. The Morgan fingerprint density at radius 3 is 2.93 bits per heavy atom. The smallest absolute Gasteiger partial charge is 0.224 e. The fourth-order valence-corrected chi connectivity index (χ4v) is 4.08. The quantitative estimate of drug-likeness (QED) is 0.723. The van der Waals surface area contributed by atoms with Crippen molar-refractivity contribution in [2.45, 2.75) is 51.7 Å². The van der Waals surface area contributed by atoms with Crippen LogP contribution >= 0.6 is 0 Å². The zero-order valence-corrected chi connectivity index (χ0v) is 16.6. The lowest BCUT2D eigenvalue weighted by atomic mass is 9.93. The third-order valence-corrected chi connectivity index (χ3v) is 5.58. The van der Waals surface area contributed by atoms with E-state index in [4.69, 9.17) is 4.74 Å². The van der Waals surface area contributed by atoms with Crippen LogP contribution < -0.4 is 15.4 Å². The predicted octanol–water partition coefficient (Wildman–Crippen LogP) is 3.24. The fourth-order valence-electron chi connectivity index (χ4n) is 4.08. The van der Waals surface area contributed by atoms with Gasteiger partial charge in [0.25, 0.3) is 0 Å². The van der Waals surface area contributed by atoms with Gasteiger partial charge >= 0.3 is 0 Å². The van der Waals surface area contributed by atoms with Crippen LogP contribution in [0, 0.1) is 5.92 Å². The van der Waals surface area contributed by atoms with E-state index in [0.717, 1.165) is 51.1 Å². The number of benzene rings is 1. The molecule has 0 radical (unpaired) electrons. The third-order valence-electron chi connectivity index (χ3n) is 5.58. The molecule has 3 unspecified atom stereocenters. The van der Waals surface area contributed by atoms with Gasteiger partial charge < -0.3 is 15.4 Å². The number of carbonyl (C=O) groups is 1. The van der Waals surface area contributed by atoms with E-state index in [1.165, 1.54) is 5.56 Å². The summed E-state index contributed by atoms with van der Waals surface area (Å²) in [6.07, 6.45) is 8.16. The molecule has 0 saturated carbocycles. The molecule has 2 aliphatic rings. The van der Waals surface area contributed by atoms with Crippen LogP contribution in [-0.2, 0) is 4.79 Å². The number of rotatable bonds is 7. The number of ether oxygens (including phenoxy) is 1. The Balaban J connectivity index is 1.65. The Bertz CT molecular complexity index is 646. The van der Waals surface area contributed by atoms with Crippen molar-refractivity contribution in [3.05, 3.63) is 42.0 Å². The number of nitrogens with zero attached hydrogens (tertiary/aromatic N) is 1. The van der Waals surface area contributed by atoms with Crippen molar-refractivity contribution in [1.82, 2.24) is 15.5 Å². The number of allylic oxidation sites excluding steroid dienone is 2. The molecule has 148 valence electrons. The summed E-state index contributed by atoms with van der Waals surface area (Å²) in [5.41, 5.74) is 1.20. The van der Waals surface area contributed by atoms with Crippen LogP contribution in [0.15, 0.2) is 36.4 Å². The van der Waals surface area contributed by atoms with Crippen LogP contribution in [0.2, 0.25) is 0 Å². The van der Waals surface area contributed by atoms with E-state index >= 15 is 0 Å². The molecule has 1 aliphatic heterocycles. The highest BCUT2D eigenvalue weighted by Gasteiger charge is 2.29. The molecule has 1 aromatic rings. The van der Waals surface area contributed by atoms with Crippen molar-refractivity contribution in [2.75, 3.05) is 26.2 Å². The normalized spacial score (nSPS) is 24.4. The molecule has 1 aliphatic carbocycles. The van der Waals surface area contributed by atoms with Crippen LogP contribution in [-0.4, -0.2) is 43.2 Å². The van der Waals surface area contributed by atoms with Gasteiger partial charge in [0.15, 0.2) is 0 Å². The van der Waals surface area contributed by atoms with Crippen LogP contribution in [0.5, 0.6) is 5.75 Å². The lowest BCUT2D eigenvalue weighted by Gasteiger charge is -2.39. The Labute approximate surface area is 163 Å². The van der Waals surface area contributed by atoms with Crippen molar-refractivity contribution in [2.24, 2.45) is 5.92 Å². The first kappa shape index (κ1) is 19.9. The lowest BCUT2D eigenvalue weighted by molar-refractivity contribution is -0.127. The van der Waals surface area contributed by atoms with Crippen LogP contribution in [0.3, 0.4) is 0 Å². The highest BCUT2D eigenvalue weighted by Crippen LogP contribution is 2.28. The molecule has 1 saturated heterocycles. The maximum Gasteiger partial charge on any atom is 0.224 e. The fraction of sp³-hybridized carbons (Fsp3) is 0.591. The molecule has 0 aromatic heterocycles. The molecule has 5 heteroatoms. The summed E-state index contributed by atoms with van der Waals surface area (Å²) in [4.78, 5) is 15.1. The van der Waals surface area contributed by atoms with Gasteiger partial charge in [0, 0.05) is 37.2 Å². The molecule has 5 nitrogen and oxygen atoms in total. The van der Waals surface area contributed by atoms with Crippen molar-refractivity contribution in [3.63, 3.8) is 0 Å². The molecule has 1 fully saturated rings. The molecule has 0 bridgehead atoms. The van der Waals surface area contributed by atoms with E-state index < -0.39 is 0 Å². The van der Waals surface area contributed by atoms with Crippen LogP contribution in [0.1, 0.15) is 51.1 Å². The molecular weight excluding hydrogens is 338 g/mol. The zero-order valence-electron chi connectivity index (χ0n) is 16.6. The average Bonchev–Trinajstić information content (AvgIpc) is 2.73. The minimum atomic E-state index is 0.0901. The maximum absolute atomic E-state index is 12.7. The largest absolute Gasteiger partial charge is 0.494 e. The topological polar surface area (TPSA) is 53.6 Å². The number of amides is 1. The molecule has 1 heterocycles. The Morgan fingerprint density at radius 1 is 1.33 bits per heavy atom. The number of carbonyl (C=O) groups excluding carboxylic acids is 1. The SMILES string of the molecule is CCOc1ccccc1C1CN(C(CC)NC(=O)C2CC=CCC2)CCN1. The molecule has 3 atom stereocenters. The summed E-state index contributed by atoms with van der Waals surface area (Å²) in [6.45, 7) is 7.54. The van der Waals surface area contributed by atoms with Gasteiger partial charge in [-0.2, -0.15) is 0 Å². The van der Waals surface area contributed by atoms with E-state index in [1.54, 1.807) is 0 Å². The van der Waals surface area contributed by atoms with E-state index in [0.29, 0.717) is 6.61 Å². The summed E-state index contributed by atoms with van der Waals surface area (Å²) in [6, 6.07) is 8.47. The van der Waals surface area contributed by atoms with Crippen molar-refractivity contribution in [3.8, 4) is 5.75 Å². The monoisotopic (exact) mass is 371 g/mol. The number of hydrogen-bond acceptors (Lipinski definition) is 4. The molecule has 2 N–H and O–H groups in total. The van der Waals surface area contributed by atoms with E-state index in [1.807, 2.05) is 19.1 Å². The number of para-hydroxylation sites is 1. The molecule has 1 amide bonds. The van der Waals surface area contributed by atoms with Gasteiger partial charge in [-0.05, 0) is 38.7 Å². The van der Waals surface area contributed by atoms with Gasteiger partial charge in [0.05, 0.1) is 12.8 Å². The summed E-state index contributed by atoms with van der Waals surface area (Å²) >= 11 is 0. The standard InChI is InChI=1S/C22H33N3O2/c1-3-21(24-22(26)17-10-6-5-7-11-17)25-15-14-23-19(16-25)18-12-8-9-13-20(18)27-4-2/h5-6,8-9,12-13,17,19,21,23H,3-4,7,10-11,14-16H2,1-2H3,(H,24,26). The zero-order chi connectivity index (χ0) is 19.1. The number of piperazine rings is 1. The molecular formula is C22H33N3O2. The van der Waals surface area contributed by atoms with Crippen LogP contribution in [0.25, 0.3) is 0 Å². The molecule has 0 spiro atoms. The van der Waals surface area contributed by atoms with Crippen molar-refractivity contribution < 1.29 is 9.53 Å². The summed E-state index contributed by atoms with van der Waals surface area (Å²) in [5.74, 6) is 1.28. The molecule has 1 aromatic carbocycles. The van der Waals surface area contributed by atoms with E-state index in [2.05, 4.69) is 46.7 Å².